The summed E-state index contributed by atoms with van der Waals surface area (Å²) in [7, 11) is 0. The number of rotatable bonds is 0. The van der Waals surface area contributed by atoms with Crippen molar-refractivity contribution in [3.63, 3.8) is 0 Å². The minimum atomic E-state index is 0.915. The van der Waals surface area contributed by atoms with Crippen molar-refractivity contribution >= 4 is 33.0 Å². The molecule has 2 heteroatoms. The molecular formula is C10H9ClS. The lowest BCUT2D eigenvalue weighted by Crippen LogP contribution is -1.69. The van der Waals surface area contributed by atoms with Gasteiger partial charge < -0.3 is 0 Å². The van der Waals surface area contributed by atoms with Crippen molar-refractivity contribution in [2.24, 2.45) is 0 Å². The smallest absolute Gasteiger partial charge is 0.0620 e. The molecule has 0 aliphatic heterocycles. The third kappa shape index (κ3) is 1.13. The van der Waals surface area contributed by atoms with E-state index < -0.39 is 0 Å². The van der Waals surface area contributed by atoms with Crippen LogP contribution in [0.15, 0.2) is 18.2 Å². The van der Waals surface area contributed by atoms with Crippen LogP contribution < -0.4 is 0 Å². The van der Waals surface area contributed by atoms with Gasteiger partial charge in [-0.3, -0.25) is 0 Å². The summed E-state index contributed by atoms with van der Waals surface area (Å²) in [6, 6.07) is 6.39. The van der Waals surface area contributed by atoms with Crippen molar-refractivity contribution in [1.29, 1.82) is 0 Å². The molecule has 12 heavy (non-hydrogen) atoms. The Morgan fingerprint density at radius 2 is 2.00 bits per heavy atom. The molecule has 0 nitrogen and oxygen atoms in total. The second-order valence-corrected chi connectivity index (χ2v) is 4.61. The highest BCUT2D eigenvalue weighted by Crippen LogP contribution is 2.34. The minimum Gasteiger partial charge on any atom is -0.139 e. The van der Waals surface area contributed by atoms with Gasteiger partial charge in [-0.1, -0.05) is 23.2 Å². The predicted molar refractivity (Wildman–Crippen MR) is 56.3 cm³/mol. The average molecular weight is 197 g/mol. The molecule has 0 fully saturated rings. The Bertz CT molecular complexity index is 429. The van der Waals surface area contributed by atoms with Gasteiger partial charge in [-0.15, -0.1) is 11.3 Å². The van der Waals surface area contributed by atoms with Gasteiger partial charge in [-0.25, -0.2) is 0 Å². The molecule has 0 unspecified atom stereocenters. The number of hydrogen-bond acceptors (Lipinski definition) is 1. The van der Waals surface area contributed by atoms with E-state index in [9.17, 15) is 0 Å². The summed E-state index contributed by atoms with van der Waals surface area (Å²) in [6.07, 6.45) is 0. The first-order chi connectivity index (χ1) is 5.68. The molecule has 0 spiro atoms. The van der Waals surface area contributed by atoms with Crippen LogP contribution in [-0.2, 0) is 0 Å². The number of aryl methyl sites for hydroxylation is 2. The van der Waals surface area contributed by atoms with E-state index >= 15 is 0 Å². The van der Waals surface area contributed by atoms with E-state index in [0.29, 0.717) is 0 Å². The molecule has 0 amide bonds. The predicted octanol–water partition coefficient (Wildman–Crippen LogP) is 4.17. The normalized spacial score (nSPS) is 10.9. The van der Waals surface area contributed by atoms with Gasteiger partial charge in [0.1, 0.15) is 0 Å². The van der Waals surface area contributed by atoms with Crippen LogP contribution in [0.1, 0.15) is 10.4 Å². The third-order valence-electron chi connectivity index (χ3n) is 1.94. The fraction of sp³-hybridized carbons (Fsp3) is 0.200. The maximum absolute atomic E-state index is 6.12. The minimum absolute atomic E-state index is 0.915. The van der Waals surface area contributed by atoms with Crippen LogP contribution in [0.3, 0.4) is 0 Å². The molecule has 2 rings (SSSR count). The molecule has 2 aromatic rings. The number of hydrogen-bond donors (Lipinski definition) is 0. The zero-order chi connectivity index (χ0) is 8.72. The van der Waals surface area contributed by atoms with E-state index in [2.05, 4.69) is 32.0 Å². The van der Waals surface area contributed by atoms with Gasteiger partial charge in [0.05, 0.1) is 5.02 Å². The van der Waals surface area contributed by atoms with Gasteiger partial charge in [0, 0.05) is 15.0 Å². The van der Waals surface area contributed by atoms with Gasteiger partial charge in [-0.2, -0.15) is 0 Å². The van der Waals surface area contributed by atoms with Crippen LogP contribution in [0.25, 0.3) is 10.1 Å². The van der Waals surface area contributed by atoms with Gasteiger partial charge in [-0.05, 0) is 26.0 Å². The Morgan fingerprint density at radius 3 is 2.75 bits per heavy atom. The molecule has 0 radical (unpaired) electrons. The zero-order valence-corrected chi connectivity index (χ0v) is 8.59. The van der Waals surface area contributed by atoms with Crippen LogP contribution in [-0.4, -0.2) is 0 Å². The van der Waals surface area contributed by atoms with E-state index in [0.717, 1.165) is 5.02 Å². The van der Waals surface area contributed by atoms with Crippen molar-refractivity contribution in [1.82, 2.24) is 0 Å². The largest absolute Gasteiger partial charge is 0.139 e. The molecule has 1 aromatic heterocycles. The topological polar surface area (TPSA) is 0 Å². The third-order valence-corrected chi connectivity index (χ3v) is 3.63. The van der Waals surface area contributed by atoms with E-state index in [1.165, 1.54) is 20.5 Å². The van der Waals surface area contributed by atoms with Crippen molar-refractivity contribution in [3.8, 4) is 0 Å². The summed E-state index contributed by atoms with van der Waals surface area (Å²) in [6.45, 7) is 4.14. The van der Waals surface area contributed by atoms with Crippen LogP contribution in [0.5, 0.6) is 0 Å². The van der Waals surface area contributed by atoms with E-state index in [1.807, 2.05) is 0 Å². The molecule has 0 aliphatic carbocycles. The Balaban J connectivity index is 2.88. The zero-order valence-electron chi connectivity index (χ0n) is 7.02. The highest BCUT2D eigenvalue weighted by atomic mass is 35.5. The monoisotopic (exact) mass is 196 g/mol. The van der Waals surface area contributed by atoms with Crippen molar-refractivity contribution in [2.75, 3.05) is 0 Å². The first kappa shape index (κ1) is 8.09. The molecule has 62 valence electrons. The Morgan fingerprint density at radius 1 is 1.25 bits per heavy atom. The fourth-order valence-electron chi connectivity index (χ4n) is 1.30. The number of halogens is 1. The van der Waals surface area contributed by atoms with E-state index in [-0.39, 0.29) is 0 Å². The average Bonchev–Trinajstić information content (AvgIpc) is 2.31. The molecule has 0 atom stereocenters. The van der Waals surface area contributed by atoms with Crippen LogP contribution in [0.2, 0.25) is 5.02 Å². The van der Waals surface area contributed by atoms with Crippen molar-refractivity contribution in [3.05, 3.63) is 33.7 Å². The second-order valence-electron chi connectivity index (χ2n) is 2.97. The molecular weight excluding hydrogens is 188 g/mol. The molecule has 1 heterocycles. The first-order valence-corrected chi connectivity index (χ1v) is 5.03. The first-order valence-electron chi connectivity index (χ1n) is 3.84. The SMILES string of the molecule is Cc1ccc2sc(C)c(Cl)c2c1. The number of fused-ring (bicyclic) bond motifs is 1. The lowest BCUT2D eigenvalue weighted by molar-refractivity contribution is 1.51. The Hall–Kier alpha value is -0.530. The maximum Gasteiger partial charge on any atom is 0.0620 e. The molecule has 0 saturated heterocycles. The molecule has 0 N–H and O–H groups in total. The summed E-state index contributed by atoms with van der Waals surface area (Å²) in [4.78, 5) is 1.21. The van der Waals surface area contributed by atoms with Gasteiger partial charge in [0.25, 0.3) is 0 Å². The summed E-state index contributed by atoms with van der Waals surface area (Å²) in [5, 5.41) is 2.11. The van der Waals surface area contributed by atoms with Crippen LogP contribution in [0.4, 0.5) is 0 Å². The Kier molecular flexibility index (Phi) is 1.85. The molecule has 0 bridgehead atoms. The van der Waals surface area contributed by atoms with Crippen LogP contribution in [0, 0.1) is 13.8 Å². The lowest BCUT2D eigenvalue weighted by atomic mass is 10.2. The van der Waals surface area contributed by atoms with Crippen molar-refractivity contribution < 1.29 is 0 Å². The molecule has 0 saturated carbocycles. The number of thiophene rings is 1. The fourth-order valence-corrected chi connectivity index (χ4v) is 2.57. The summed E-state index contributed by atoms with van der Waals surface area (Å²) in [5.74, 6) is 0. The highest BCUT2D eigenvalue weighted by Gasteiger charge is 2.05. The summed E-state index contributed by atoms with van der Waals surface area (Å²) in [5.41, 5.74) is 1.27. The highest BCUT2D eigenvalue weighted by molar-refractivity contribution is 7.19. The van der Waals surface area contributed by atoms with E-state index in [4.69, 9.17) is 11.6 Å². The van der Waals surface area contributed by atoms with Gasteiger partial charge >= 0.3 is 0 Å². The maximum atomic E-state index is 6.12. The summed E-state index contributed by atoms with van der Waals surface area (Å²) < 4.78 is 1.28. The lowest BCUT2D eigenvalue weighted by Gasteiger charge is -1.92. The molecule has 0 aliphatic rings. The van der Waals surface area contributed by atoms with Crippen molar-refractivity contribution in [2.45, 2.75) is 13.8 Å². The van der Waals surface area contributed by atoms with E-state index in [1.54, 1.807) is 11.3 Å². The Labute approximate surface area is 80.8 Å². The second kappa shape index (κ2) is 2.75. The summed E-state index contributed by atoms with van der Waals surface area (Å²) >= 11 is 7.88. The standard InChI is InChI=1S/C10H9ClS/c1-6-3-4-9-8(5-6)10(11)7(2)12-9/h3-5H,1-2H3. The van der Waals surface area contributed by atoms with Gasteiger partial charge in [0.15, 0.2) is 0 Å². The molecule has 1 aromatic carbocycles. The van der Waals surface area contributed by atoms with Gasteiger partial charge in [0.2, 0.25) is 0 Å². The quantitative estimate of drug-likeness (QED) is 0.593. The van der Waals surface area contributed by atoms with Crippen LogP contribution >= 0.6 is 22.9 Å². The number of benzene rings is 1.